The third kappa shape index (κ3) is 2.37. The summed E-state index contributed by atoms with van der Waals surface area (Å²) in [6, 6.07) is 4.38. The predicted octanol–water partition coefficient (Wildman–Crippen LogP) is 1.96. The molecule has 0 bridgehead atoms. The van der Waals surface area contributed by atoms with Crippen LogP contribution in [-0.2, 0) is 4.74 Å². The molecule has 2 atom stereocenters. The van der Waals surface area contributed by atoms with Gasteiger partial charge in [-0.15, -0.1) is 0 Å². The summed E-state index contributed by atoms with van der Waals surface area (Å²) < 4.78 is 5.99. The second kappa shape index (κ2) is 5.15. The van der Waals surface area contributed by atoms with E-state index in [1.54, 1.807) is 0 Å². The van der Waals surface area contributed by atoms with Crippen molar-refractivity contribution >= 4 is 34.5 Å². The molecule has 1 aromatic heterocycles. The standard InChI is InChI=1S/C13H16IN3O2/c1-19-13(18)17-5-4-9-7-16(8-11(9)17)12-3-2-10(14)6-15-12/h2-3,6,9,11H,4-5,7-8H2,1H3. The van der Waals surface area contributed by atoms with E-state index in [1.165, 1.54) is 7.11 Å². The van der Waals surface area contributed by atoms with Crippen molar-refractivity contribution in [1.29, 1.82) is 0 Å². The van der Waals surface area contributed by atoms with Crippen LogP contribution in [0.3, 0.4) is 0 Å². The van der Waals surface area contributed by atoms with Crippen molar-refractivity contribution in [2.24, 2.45) is 5.92 Å². The van der Waals surface area contributed by atoms with Crippen LogP contribution in [0.25, 0.3) is 0 Å². The molecule has 0 saturated carbocycles. The van der Waals surface area contributed by atoms with E-state index in [4.69, 9.17) is 4.74 Å². The van der Waals surface area contributed by atoms with Gasteiger partial charge in [-0.3, -0.25) is 0 Å². The Morgan fingerprint density at radius 2 is 2.32 bits per heavy atom. The number of halogens is 1. The molecule has 1 amide bonds. The minimum Gasteiger partial charge on any atom is -0.453 e. The average molecular weight is 373 g/mol. The quantitative estimate of drug-likeness (QED) is 0.707. The fourth-order valence-electron chi connectivity index (χ4n) is 3.05. The minimum atomic E-state index is -0.204. The van der Waals surface area contributed by atoms with Gasteiger partial charge in [-0.25, -0.2) is 9.78 Å². The van der Waals surface area contributed by atoms with E-state index >= 15 is 0 Å². The number of carbonyl (C=O) groups excluding carboxylic acids is 1. The summed E-state index contributed by atoms with van der Waals surface area (Å²) in [5.41, 5.74) is 0. The van der Waals surface area contributed by atoms with Crippen molar-refractivity contribution in [1.82, 2.24) is 9.88 Å². The van der Waals surface area contributed by atoms with Gasteiger partial charge in [-0.2, -0.15) is 0 Å². The Morgan fingerprint density at radius 1 is 1.47 bits per heavy atom. The van der Waals surface area contributed by atoms with Crippen LogP contribution in [0.2, 0.25) is 0 Å². The second-order valence-electron chi connectivity index (χ2n) is 5.02. The molecule has 3 rings (SSSR count). The number of hydrogen-bond donors (Lipinski definition) is 0. The largest absolute Gasteiger partial charge is 0.453 e. The molecule has 0 spiro atoms. The van der Waals surface area contributed by atoms with Crippen LogP contribution in [0.5, 0.6) is 0 Å². The molecule has 2 saturated heterocycles. The average Bonchev–Trinajstić information content (AvgIpc) is 2.98. The number of carbonyl (C=O) groups is 1. The van der Waals surface area contributed by atoms with E-state index in [0.29, 0.717) is 5.92 Å². The van der Waals surface area contributed by atoms with E-state index in [2.05, 4.69) is 38.5 Å². The number of pyridine rings is 1. The first-order valence-corrected chi connectivity index (χ1v) is 7.48. The summed E-state index contributed by atoms with van der Waals surface area (Å²) in [7, 11) is 1.45. The molecule has 0 radical (unpaired) electrons. The molecule has 0 N–H and O–H groups in total. The zero-order valence-electron chi connectivity index (χ0n) is 10.8. The van der Waals surface area contributed by atoms with Crippen LogP contribution in [0.1, 0.15) is 6.42 Å². The number of fused-ring (bicyclic) bond motifs is 1. The Hall–Kier alpha value is -1.05. The number of likely N-dealkylation sites (tertiary alicyclic amines) is 1. The summed E-state index contributed by atoms with van der Waals surface area (Å²) >= 11 is 2.25. The molecule has 3 heterocycles. The van der Waals surface area contributed by atoms with Gasteiger partial charge in [-0.05, 0) is 41.1 Å². The molecular weight excluding hydrogens is 357 g/mol. The van der Waals surface area contributed by atoms with Gasteiger partial charge in [0.15, 0.2) is 0 Å². The minimum absolute atomic E-state index is 0.204. The Kier molecular flexibility index (Phi) is 3.51. The highest BCUT2D eigenvalue weighted by atomic mass is 127. The van der Waals surface area contributed by atoms with Gasteiger partial charge in [0.2, 0.25) is 0 Å². The van der Waals surface area contributed by atoms with Crippen LogP contribution >= 0.6 is 22.6 Å². The highest BCUT2D eigenvalue weighted by Gasteiger charge is 2.44. The molecule has 0 aromatic carbocycles. The van der Waals surface area contributed by atoms with Crippen LogP contribution in [-0.4, -0.2) is 48.8 Å². The Balaban J connectivity index is 1.73. The first-order valence-electron chi connectivity index (χ1n) is 6.40. The van der Waals surface area contributed by atoms with Crippen LogP contribution < -0.4 is 4.90 Å². The summed E-state index contributed by atoms with van der Waals surface area (Å²) in [5.74, 6) is 1.54. The third-order valence-corrected chi connectivity index (χ3v) is 4.63. The van der Waals surface area contributed by atoms with Gasteiger partial charge in [-0.1, -0.05) is 0 Å². The molecule has 5 nitrogen and oxygen atoms in total. The highest BCUT2D eigenvalue weighted by Crippen LogP contribution is 2.33. The monoisotopic (exact) mass is 373 g/mol. The molecule has 0 aliphatic carbocycles. The number of anilines is 1. The van der Waals surface area contributed by atoms with Gasteiger partial charge in [0.25, 0.3) is 0 Å². The summed E-state index contributed by atoms with van der Waals surface area (Å²) in [6.45, 7) is 2.65. The molecule has 2 aliphatic heterocycles. The first-order chi connectivity index (χ1) is 9.19. The van der Waals surface area contributed by atoms with Gasteiger partial charge in [0.1, 0.15) is 5.82 Å². The smallest absolute Gasteiger partial charge is 0.409 e. The van der Waals surface area contributed by atoms with E-state index in [1.807, 2.05) is 17.2 Å². The lowest BCUT2D eigenvalue weighted by Crippen LogP contribution is -2.39. The van der Waals surface area contributed by atoms with Crippen molar-refractivity contribution in [2.75, 3.05) is 31.6 Å². The van der Waals surface area contributed by atoms with Crippen molar-refractivity contribution in [3.63, 3.8) is 0 Å². The molecular formula is C13H16IN3O2. The highest BCUT2D eigenvalue weighted by molar-refractivity contribution is 14.1. The fraction of sp³-hybridized carbons (Fsp3) is 0.538. The molecule has 2 aliphatic rings. The van der Waals surface area contributed by atoms with E-state index in [9.17, 15) is 4.79 Å². The number of methoxy groups -OCH3 is 1. The maximum atomic E-state index is 11.7. The van der Waals surface area contributed by atoms with Gasteiger partial charge >= 0.3 is 6.09 Å². The number of aromatic nitrogens is 1. The Morgan fingerprint density at radius 3 is 3.00 bits per heavy atom. The van der Waals surface area contributed by atoms with E-state index in [0.717, 1.165) is 35.4 Å². The first kappa shape index (κ1) is 13.0. The van der Waals surface area contributed by atoms with Gasteiger partial charge in [0.05, 0.1) is 13.2 Å². The molecule has 2 fully saturated rings. The van der Waals surface area contributed by atoms with Crippen molar-refractivity contribution in [3.8, 4) is 0 Å². The Labute approximate surface area is 126 Å². The van der Waals surface area contributed by atoms with Crippen molar-refractivity contribution in [2.45, 2.75) is 12.5 Å². The second-order valence-corrected chi connectivity index (χ2v) is 6.26. The summed E-state index contributed by atoms with van der Waals surface area (Å²) in [5, 5.41) is 0. The maximum absolute atomic E-state index is 11.7. The van der Waals surface area contributed by atoms with Crippen molar-refractivity contribution in [3.05, 3.63) is 21.9 Å². The fourth-order valence-corrected chi connectivity index (χ4v) is 3.37. The topological polar surface area (TPSA) is 45.7 Å². The maximum Gasteiger partial charge on any atom is 0.409 e. The molecule has 19 heavy (non-hydrogen) atoms. The lowest BCUT2D eigenvalue weighted by Gasteiger charge is -2.24. The van der Waals surface area contributed by atoms with Gasteiger partial charge < -0.3 is 14.5 Å². The zero-order chi connectivity index (χ0) is 13.4. The molecule has 2 unspecified atom stereocenters. The number of hydrogen-bond acceptors (Lipinski definition) is 4. The SMILES string of the molecule is COC(=O)N1CCC2CN(c3ccc(I)cn3)CC21. The lowest BCUT2D eigenvalue weighted by molar-refractivity contribution is 0.119. The number of ether oxygens (including phenoxy) is 1. The third-order valence-electron chi connectivity index (χ3n) is 3.99. The number of rotatable bonds is 1. The normalized spacial score (nSPS) is 25.6. The summed E-state index contributed by atoms with van der Waals surface area (Å²) in [6.07, 6.45) is 2.73. The van der Waals surface area contributed by atoms with Gasteiger partial charge in [0, 0.05) is 35.3 Å². The van der Waals surface area contributed by atoms with Crippen LogP contribution in [0.15, 0.2) is 18.3 Å². The van der Waals surface area contributed by atoms with Crippen LogP contribution in [0, 0.1) is 9.49 Å². The molecule has 6 heteroatoms. The van der Waals surface area contributed by atoms with Crippen molar-refractivity contribution < 1.29 is 9.53 Å². The number of amides is 1. The lowest BCUT2D eigenvalue weighted by atomic mass is 10.1. The zero-order valence-corrected chi connectivity index (χ0v) is 12.9. The molecule has 102 valence electrons. The summed E-state index contributed by atoms with van der Waals surface area (Å²) in [4.78, 5) is 20.3. The Bertz CT molecular complexity index is 479. The van der Waals surface area contributed by atoms with Crippen LogP contribution in [0.4, 0.5) is 10.6 Å². The van der Waals surface area contributed by atoms with E-state index in [-0.39, 0.29) is 12.1 Å². The van der Waals surface area contributed by atoms with E-state index < -0.39 is 0 Å². The predicted molar refractivity (Wildman–Crippen MR) is 80.2 cm³/mol. The molecule has 1 aromatic rings. The number of nitrogens with zero attached hydrogens (tertiary/aromatic N) is 3.